The third-order valence-electron chi connectivity index (χ3n) is 2.39. The van der Waals surface area contributed by atoms with Crippen LogP contribution in [0.5, 0.6) is 0 Å². The zero-order valence-electron chi connectivity index (χ0n) is 8.65. The van der Waals surface area contributed by atoms with Gasteiger partial charge in [-0.2, -0.15) is 22.1 Å². The number of ketones is 1. The molecule has 1 aromatic heterocycles. The Bertz CT molecular complexity index is 513. The molecule has 1 aliphatic carbocycles. The lowest BCUT2D eigenvalue weighted by atomic mass is 10.2. The summed E-state index contributed by atoms with van der Waals surface area (Å²) < 4.78 is 52.7. The number of carbonyl (C=O) groups is 1. The topological polar surface area (TPSA) is 71.2 Å². The smallest absolute Gasteiger partial charge is 0.385 e. The highest BCUT2D eigenvalue weighted by Crippen LogP contribution is 2.47. The molecule has 4 nitrogen and oxygen atoms in total. The fraction of sp³-hybridized carbons (Fsp3) is 0.200. The quantitative estimate of drug-likeness (QED) is 0.616. The van der Waals surface area contributed by atoms with Crippen molar-refractivity contribution >= 4 is 11.5 Å². The molecule has 0 aliphatic heterocycles. The molecule has 18 heavy (non-hydrogen) atoms. The van der Waals surface area contributed by atoms with Crippen LogP contribution in [0.25, 0.3) is 5.70 Å². The Labute approximate surface area is 98.1 Å². The molecule has 0 unspecified atom stereocenters. The van der Waals surface area contributed by atoms with Gasteiger partial charge in [-0.3, -0.25) is 4.79 Å². The summed E-state index contributed by atoms with van der Waals surface area (Å²) in [6, 6.07) is 4.20. The second kappa shape index (κ2) is 4.05. The molecule has 1 aliphatic rings. The number of allylic oxidation sites excluding steroid dienone is 2. The van der Waals surface area contributed by atoms with Gasteiger partial charge in [0.15, 0.2) is 12.4 Å². The lowest BCUT2D eigenvalue weighted by Crippen LogP contribution is -2.44. The fourth-order valence-electron chi connectivity index (χ4n) is 1.48. The molecule has 0 saturated carbocycles. The number of aliphatic hydroxyl groups is 1. The first-order valence-corrected chi connectivity index (χ1v) is 4.51. The molecule has 1 heterocycles. The highest BCUT2D eigenvalue weighted by molar-refractivity contribution is 6.19. The van der Waals surface area contributed by atoms with Crippen LogP contribution in [0.1, 0.15) is 0 Å². The summed E-state index contributed by atoms with van der Waals surface area (Å²) >= 11 is 0. The van der Waals surface area contributed by atoms with Crippen molar-refractivity contribution in [1.82, 2.24) is 0 Å². The molecule has 1 aromatic rings. The lowest BCUT2D eigenvalue weighted by Gasteiger charge is -2.15. The number of carbonyl (C=O) groups excluding carboxylic acids is 1. The SMILES string of the molecule is O=C1C([n+]2ccccc2)=C(O)C(F)(F)C1(F)F.[OH-]. The number of rotatable bonds is 1. The maximum absolute atomic E-state index is 13.0. The van der Waals surface area contributed by atoms with Crippen LogP contribution in [0.3, 0.4) is 0 Å². The van der Waals surface area contributed by atoms with Gasteiger partial charge in [0.05, 0.1) is 0 Å². The Morgan fingerprint density at radius 3 is 1.89 bits per heavy atom. The fourth-order valence-corrected chi connectivity index (χ4v) is 1.48. The molecule has 0 radical (unpaired) electrons. The van der Waals surface area contributed by atoms with E-state index in [1.165, 1.54) is 18.2 Å². The second-order valence-corrected chi connectivity index (χ2v) is 3.46. The van der Waals surface area contributed by atoms with Gasteiger partial charge in [0.2, 0.25) is 5.76 Å². The predicted octanol–water partition coefficient (Wildman–Crippen LogP) is 1.38. The van der Waals surface area contributed by atoms with Crippen molar-refractivity contribution in [3.8, 4) is 0 Å². The normalized spacial score (nSPS) is 20.8. The molecule has 0 fully saturated rings. The minimum atomic E-state index is -4.92. The van der Waals surface area contributed by atoms with E-state index in [-0.39, 0.29) is 5.48 Å². The van der Waals surface area contributed by atoms with Crippen molar-refractivity contribution < 1.29 is 37.5 Å². The summed E-state index contributed by atoms with van der Waals surface area (Å²) in [5, 5.41) is 9.08. The standard InChI is InChI=1S/C10H5F4NO2.H2O/c11-9(12)7(16)6(8(17)10(9,13)14)15-4-2-1-3-5-15;/h1-5H;1H2. The van der Waals surface area contributed by atoms with Crippen molar-refractivity contribution in [2.24, 2.45) is 0 Å². The third kappa shape index (κ3) is 1.57. The summed E-state index contributed by atoms with van der Waals surface area (Å²) in [6.07, 6.45) is 2.22. The Morgan fingerprint density at radius 1 is 1.00 bits per heavy atom. The van der Waals surface area contributed by atoms with Crippen LogP contribution >= 0.6 is 0 Å². The average molecular weight is 265 g/mol. The number of Topliss-reactive ketones (excluding diaryl/α,β-unsaturated/α-hetero) is 1. The lowest BCUT2D eigenvalue weighted by molar-refractivity contribution is -0.578. The van der Waals surface area contributed by atoms with E-state index in [1.54, 1.807) is 0 Å². The van der Waals surface area contributed by atoms with Gasteiger partial charge in [-0.05, 0) is 0 Å². The Morgan fingerprint density at radius 2 is 1.50 bits per heavy atom. The molecular formula is C10H7F4NO3. The van der Waals surface area contributed by atoms with Crippen molar-refractivity contribution in [1.29, 1.82) is 0 Å². The van der Waals surface area contributed by atoms with Crippen LogP contribution in [0.2, 0.25) is 0 Å². The highest BCUT2D eigenvalue weighted by Gasteiger charge is 2.74. The van der Waals surface area contributed by atoms with E-state index in [4.69, 9.17) is 5.11 Å². The number of aliphatic hydroxyl groups excluding tert-OH is 1. The summed E-state index contributed by atoms with van der Waals surface area (Å²) in [5.41, 5.74) is -1.11. The van der Waals surface area contributed by atoms with Crippen molar-refractivity contribution in [2.45, 2.75) is 11.8 Å². The van der Waals surface area contributed by atoms with E-state index in [9.17, 15) is 22.4 Å². The van der Waals surface area contributed by atoms with Gasteiger partial charge >= 0.3 is 23.3 Å². The molecule has 0 atom stereocenters. The molecule has 0 aromatic carbocycles. The van der Waals surface area contributed by atoms with E-state index in [1.807, 2.05) is 0 Å². The van der Waals surface area contributed by atoms with Gasteiger partial charge in [0, 0.05) is 12.1 Å². The highest BCUT2D eigenvalue weighted by atomic mass is 19.3. The number of pyridine rings is 1. The van der Waals surface area contributed by atoms with Crippen molar-refractivity contribution in [2.75, 3.05) is 0 Å². The Hall–Kier alpha value is -1.96. The predicted molar refractivity (Wildman–Crippen MR) is 49.3 cm³/mol. The molecule has 2 N–H and O–H groups in total. The molecular weight excluding hydrogens is 258 g/mol. The van der Waals surface area contributed by atoms with Gasteiger partial charge in [0.25, 0.3) is 0 Å². The van der Waals surface area contributed by atoms with Gasteiger partial charge < -0.3 is 10.6 Å². The van der Waals surface area contributed by atoms with Crippen LogP contribution in [-0.4, -0.2) is 28.2 Å². The zero-order chi connectivity index (χ0) is 12.8. The summed E-state index contributed by atoms with van der Waals surface area (Å²) in [7, 11) is 0. The van der Waals surface area contributed by atoms with Gasteiger partial charge in [-0.15, -0.1) is 0 Å². The largest absolute Gasteiger partial charge is 0.870 e. The number of aromatic nitrogens is 1. The number of nitrogens with zero attached hydrogens (tertiary/aromatic N) is 1. The van der Waals surface area contributed by atoms with E-state index in [0.717, 1.165) is 17.0 Å². The Balaban J connectivity index is 0.00000162. The summed E-state index contributed by atoms with van der Waals surface area (Å²) in [4.78, 5) is 11.2. The van der Waals surface area contributed by atoms with E-state index >= 15 is 0 Å². The average Bonchev–Trinajstić information content (AvgIpc) is 2.40. The third-order valence-corrected chi connectivity index (χ3v) is 2.39. The molecule has 98 valence electrons. The van der Waals surface area contributed by atoms with Crippen LogP contribution in [0.4, 0.5) is 17.6 Å². The number of hydrogen-bond acceptors (Lipinski definition) is 3. The zero-order valence-corrected chi connectivity index (χ0v) is 8.65. The van der Waals surface area contributed by atoms with Crippen molar-refractivity contribution in [3.63, 3.8) is 0 Å². The number of alkyl halides is 4. The molecule has 8 heteroatoms. The molecule has 2 rings (SSSR count). The van der Waals surface area contributed by atoms with Crippen LogP contribution in [0.15, 0.2) is 36.4 Å². The monoisotopic (exact) mass is 265 g/mol. The molecule has 0 bridgehead atoms. The van der Waals surface area contributed by atoms with Gasteiger partial charge in [-0.25, -0.2) is 0 Å². The first kappa shape index (κ1) is 14.1. The maximum Gasteiger partial charge on any atom is 0.385 e. The second-order valence-electron chi connectivity index (χ2n) is 3.46. The summed E-state index contributed by atoms with van der Waals surface area (Å²) in [5.74, 6) is -13.8. The molecule has 0 amide bonds. The molecule has 0 saturated heterocycles. The summed E-state index contributed by atoms with van der Waals surface area (Å²) in [6.45, 7) is 0. The van der Waals surface area contributed by atoms with Crippen molar-refractivity contribution in [3.05, 3.63) is 36.4 Å². The first-order chi connectivity index (χ1) is 7.80. The minimum Gasteiger partial charge on any atom is -0.870 e. The minimum absolute atomic E-state index is 0. The van der Waals surface area contributed by atoms with E-state index in [0.29, 0.717) is 0 Å². The van der Waals surface area contributed by atoms with Gasteiger partial charge in [-0.1, -0.05) is 6.07 Å². The first-order valence-electron chi connectivity index (χ1n) is 4.51. The Kier molecular flexibility index (Phi) is 3.18. The van der Waals surface area contributed by atoms with Crippen LogP contribution in [0, 0.1) is 0 Å². The number of hydrogen-bond donors (Lipinski definition) is 1. The number of halogens is 4. The van der Waals surface area contributed by atoms with E-state index in [2.05, 4.69) is 0 Å². The van der Waals surface area contributed by atoms with Crippen LogP contribution < -0.4 is 4.57 Å². The maximum atomic E-state index is 13.0. The van der Waals surface area contributed by atoms with E-state index < -0.39 is 29.1 Å². The van der Waals surface area contributed by atoms with Crippen LogP contribution in [-0.2, 0) is 4.79 Å². The molecule has 0 spiro atoms. The van der Waals surface area contributed by atoms with Gasteiger partial charge in [0.1, 0.15) is 0 Å².